The van der Waals surface area contributed by atoms with E-state index in [1.807, 2.05) is 18.2 Å². The largest absolute Gasteiger partial charge is 0.465 e. The number of aryl methyl sites for hydroxylation is 3. The van der Waals surface area contributed by atoms with Gasteiger partial charge in [-0.2, -0.15) is 0 Å². The van der Waals surface area contributed by atoms with Crippen LogP contribution in [-0.2, 0) is 24.1 Å². The highest BCUT2D eigenvalue weighted by atomic mass is 79.9. The van der Waals surface area contributed by atoms with Gasteiger partial charge in [-0.1, -0.05) is 110 Å². The van der Waals surface area contributed by atoms with Crippen molar-refractivity contribution >= 4 is 64.7 Å². The standard InChI is InChI=1S/C25H28BrNO2.C9H10Br2/c1-29-25(28)20-13-14-21-22(18-8-3-2-4-9-18)17-27(24(21)16-20)15-7-11-19-10-5-6-12-23(19)26;10-7-3-5-8-4-1-2-6-9(8)11/h5-6,10,12-14,16-18H,2-4,7-9,11,15H2,1H3;1-2,4,6H,3,5,7H2. The number of rotatable bonds is 9. The molecule has 1 saturated carbocycles. The number of aromatic nitrogens is 1. The summed E-state index contributed by atoms with van der Waals surface area (Å²) < 4.78 is 9.69. The zero-order chi connectivity index (χ0) is 28.3. The molecule has 1 aromatic heterocycles. The van der Waals surface area contributed by atoms with Crippen LogP contribution >= 0.6 is 47.8 Å². The van der Waals surface area contributed by atoms with Crippen LogP contribution < -0.4 is 0 Å². The molecule has 0 N–H and O–H groups in total. The zero-order valence-electron chi connectivity index (χ0n) is 23.2. The predicted octanol–water partition coefficient (Wildman–Crippen LogP) is 10.6. The summed E-state index contributed by atoms with van der Waals surface area (Å²) in [6.45, 7) is 0.940. The molecule has 212 valence electrons. The Kier molecular flexibility index (Phi) is 12.4. The number of methoxy groups -OCH3 is 1. The minimum absolute atomic E-state index is 0.271. The van der Waals surface area contributed by atoms with Gasteiger partial charge >= 0.3 is 5.97 Å². The highest BCUT2D eigenvalue weighted by molar-refractivity contribution is 9.11. The van der Waals surface area contributed by atoms with Crippen molar-refractivity contribution < 1.29 is 9.53 Å². The van der Waals surface area contributed by atoms with Crippen molar-refractivity contribution in [3.8, 4) is 0 Å². The van der Waals surface area contributed by atoms with Crippen LogP contribution in [0.3, 0.4) is 0 Å². The third-order valence-corrected chi connectivity index (χ3v) is 9.83. The lowest BCUT2D eigenvalue weighted by atomic mass is 9.84. The smallest absolute Gasteiger partial charge is 0.337 e. The van der Waals surface area contributed by atoms with Crippen LogP contribution in [0, 0.1) is 0 Å². The highest BCUT2D eigenvalue weighted by Gasteiger charge is 2.21. The number of carbonyl (C=O) groups is 1. The molecular formula is C34H38Br3NO2. The maximum Gasteiger partial charge on any atom is 0.337 e. The number of alkyl halides is 1. The Hall–Kier alpha value is -1.89. The second kappa shape index (κ2) is 15.9. The molecule has 3 aromatic carbocycles. The number of hydrogen-bond donors (Lipinski definition) is 0. The summed E-state index contributed by atoms with van der Waals surface area (Å²) in [5.74, 6) is 0.367. The summed E-state index contributed by atoms with van der Waals surface area (Å²) in [5, 5.41) is 2.37. The van der Waals surface area contributed by atoms with Crippen molar-refractivity contribution in [1.82, 2.24) is 4.57 Å². The molecule has 0 amide bonds. The molecule has 1 heterocycles. The summed E-state index contributed by atoms with van der Waals surface area (Å²) in [6.07, 6.45) is 13.3. The van der Waals surface area contributed by atoms with Gasteiger partial charge in [-0.15, -0.1) is 0 Å². The molecule has 0 radical (unpaired) electrons. The van der Waals surface area contributed by atoms with Gasteiger partial charge in [0.05, 0.1) is 12.7 Å². The second-order valence-electron chi connectivity index (χ2n) is 10.4. The second-order valence-corrected chi connectivity index (χ2v) is 12.9. The van der Waals surface area contributed by atoms with Crippen molar-refractivity contribution in [2.45, 2.75) is 70.3 Å². The number of benzene rings is 3. The molecular weight excluding hydrogens is 694 g/mol. The molecule has 0 saturated heterocycles. The van der Waals surface area contributed by atoms with E-state index in [0.717, 1.165) is 36.7 Å². The number of esters is 1. The Balaban J connectivity index is 0.000000283. The first-order valence-corrected chi connectivity index (χ1v) is 17.0. The third-order valence-electron chi connectivity index (χ3n) is 7.72. The van der Waals surface area contributed by atoms with Crippen LogP contribution in [0.15, 0.2) is 81.9 Å². The normalized spacial score (nSPS) is 13.6. The lowest BCUT2D eigenvalue weighted by Gasteiger charge is -2.21. The molecule has 0 unspecified atom stereocenters. The van der Waals surface area contributed by atoms with E-state index in [1.54, 1.807) is 0 Å². The zero-order valence-corrected chi connectivity index (χ0v) is 27.9. The molecule has 0 spiro atoms. The summed E-state index contributed by atoms with van der Waals surface area (Å²) >= 11 is 10.6. The summed E-state index contributed by atoms with van der Waals surface area (Å²) in [6, 6.07) is 22.8. The minimum Gasteiger partial charge on any atom is -0.465 e. The van der Waals surface area contributed by atoms with Crippen molar-refractivity contribution in [1.29, 1.82) is 0 Å². The summed E-state index contributed by atoms with van der Waals surface area (Å²) in [5.41, 5.74) is 5.97. The fraction of sp³-hybridized carbons (Fsp3) is 0.382. The number of carbonyl (C=O) groups excluding carboxylic acids is 1. The molecule has 0 atom stereocenters. The molecule has 6 heteroatoms. The maximum atomic E-state index is 12.1. The number of halogens is 3. The van der Waals surface area contributed by atoms with Crippen molar-refractivity contribution in [2.24, 2.45) is 0 Å². The monoisotopic (exact) mass is 729 g/mol. The van der Waals surface area contributed by atoms with Gasteiger partial charge in [0.25, 0.3) is 0 Å². The van der Waals surface area contributed by atoms with E-state index in [0.29, 0.717) is 11.5 Å². The first-order valence-electron chi connectivity index (χ1n) is 14.3. The van der Waals surface area contributed by atoms with Crippen LogP contribution in [0.4, 0.5) is 0 Å². The molecule has 5 rings (SSSR count). The van der Waals surface area contributed by atoms with Gasteiger partial charge in [0.1, 0.15) is 0 Å². The average molecular weight is 732 g/mol. The minimum atomic E-state index is -0.271. The van der Waals surface area contributed by atoms with E-state index in [4.69, 9.17) is 4.74 Å². The van der Waals surface area contributed by atoms with Gasteiger partial charge < -0.3 is 9.30 Å². The first kappa shape index (κ1) is 31.1. The lowest BCUT2D eigenvalue weighted by molar-refractivity contribution is 0.0601. The van der Waals surface area contributed by atoms with Crippen LogP contribution in [0.2, 0.25) is 0 Å². The summed E-state index contributed by atoms with van der Waals surface area (Å²) in [7, 11) is 1.44. The van der Waals surface area contributed by atoms with E-state index < -0.39 is 0 Å². The Morgan fingerprint density at radius 3 is 2.10 bits per heavy atom. The SMILES string of the molecule is BrCCCc1ccccc1Br.COC(=O)c1ccc2c(C3CCCCC3)cn(CCCc3ccccc3Br)c2c1. The Morgan fingerprint density at radius 1 is 0.875 bits per heavy atom. The van der Waals surface area contributed by atoms with Crippen molar-refractivity contribution in [3.05, 3.63) is 104 Å². The Morgan fingerprint density at radius 2 is 1.50 bits per heavy atom. The predicted molar refractivity (Wildman–Crippen MR) is 178 cm³/mol. The Labute approximate surface area is 264 Å². The number of nitrogens with zero attached hydrogens (tertiary/aromatic N) is 1. The number of fused-ring (bicyclic) bond motifs is 1. The van der Waals surface area contributed by atoms with Gasteiger partial charge in [-0.25, -0.2) is 4.79 Å². The van der Waals surface area contributed by atoms with E-state index in [9.17, 15) is 4.79 Å². The van der Waals surface area contributed by atoms with Crippen LogP contribution in [-0.4, -0.2) is 23.0 Å². The fourth-order valence-corrected chi connectivity index (χ4v) is 6.83. The van der Waals surface area contributed by atoms with Crippen LogP contribution in [0.5, 0.6) is 0 Å². The van der Waals surface area contributed by atoms with E-state index in [1.165, 1.54) is 76.7 Å². The molecule has 0 aliphatic heterocycles. The van der Waals surface area contributed by atoms with Crippen LogP contribution in [0.1, 0.15) is 77.9 Å². The van der Waals surface area contributed by atoms with Gasteiger partial charge in [0, 0.05) is 37.9 Å². The molecule has 1 aliphatic rings. The molecule has 1 fully saturated rings. The van der Waals surface area contributed by atoms with E-state index >= 15 is 0 Å². The van der Waals surface area contributed by atoms with Gasteiger partial charge in [-0.3, -0.25) is 0 Å². The van der Waals surface area contributed by atoms with Gasteiger partial charge in [0.15, 0.2) is 0 Å². The number of ether oxygens (including phenoxy) is 1. The lowest BCUT2D eigenvalue weighted by Crippen LogP contribution is -2.04. The summed E-state index contributed by atoms with van der Waals surface area (Å²) in [4.78, 5) is 12.1. The topological polar surface area (TPSA) is 31.2 Å². The molecule has 40 heavy (non-hydrogen) atoms. The average Bonchev–Trinajstić information content (AvgIpc) is 3.36. The Bertz CT molecular complexity index is 1390. The van der Waals surface area contributed by atoms with Crippen LogP contribution in [0.25, 0.3) is 10.9 Å². The van der Waals surface area contributed by atoms with Crippen molar-refractivity contribution in [3.63, 3.8) is 0 Å². The van der Waals surface area contributed by atoms with Gasteiger partial charge in [-0.05, 0) is 85.4 Å². The molecule has 1 aliphatic carbocycles. The molecule has 3 nitrogen and oxygen atoms in total. The molecule has 0 bridgehead atoms. The number of hydrogen-bond acceptors (Lipinski definition) is 2. The van der Waals surface area contributed by atoms with E-state index in [-0.39, 0.29) is 5.97 Å². The third kappa shape index (κ3) is 8.33. The fourth-order valence-electron chi connectivity index (χ4n) is 5.59. The van der Waals surface area contributed by atoms with Crippen molar-refractivity contribution in [2.75, 3.05) is 12.4 Å². The maximum absolute atomic E-state index is 12.1. The van der Waals surface area contributed by atoms with Gasteiger partial charge in [0.2, 0.25) is 0 Å². The quantitative estimate of drug-likeness (QED) is 0.127. The molecule has 4 aromatic rings. The first-order chi connectivity index (χ1) is 19.5. The highest BCUT2D eigenvalue weighted by Crippen LogP contribution is 2.38. The van der Waals surface area contributed by atoms with E-state index in [2.05, 4.69) is 107 Å².